The van der Waals surface area contributed by atoms with Gasteiger partial charge in [-0.05, 0) is 51.9 Å². The molecule has 6 heteroatoms. The Balaban J connectivity index is 1.98. The van der Waals surface area contributed by atoms with Crippen LogP contribution in [0.5, 0.6) is 0 Å². The first-order valence-electron chi connectivity index (χ1n) is 8.61. The van der Waals surface area contributed by atoms with Crippen LogP contribution in [-0.2, 0) is 0 Å². The number of hydrogen-bond acceptors (Lipinski definition) is 5. The van der Waals surface area contributed by atoms with Gasteiger partial charge in [0.2, 0.25) is 0 Å². The molecule has 0 unspecified atom stereocenters. The molecule has 1 N–H and O–H groups in total. The van der Waals surface area contributed by atoms with Crippen molar-refractivity contribution >= 4 is 11.8 Å². The summed E-state index contributed by atoms with van der Waals surface area (Å²) in [5.74, 6) is -0.484. The van der Waals surface area contributed by atoms with E-state index in [4.69, 9.17) is 5.11 Å². The number of nitrogens with zero attached hydrogens (tertiary/aromatic N) is 4. The van der Waals surface area contributed by atoms with Crippen LogP contribution >= 0.6 is 0 Å². The number of aromatic nitrogens is 1. The third kappa shape index (κ3) is 4.68. The topological polar surface area (TPSA) is 80.5 Å². The lowest BCUT2D eigenvalue weighted by atomic mass is 10.1. The summed E-state index contributed by atoms with van der Waals surface area (Å²) in [5, 5.41) is 18.5. The van der Waals surface area contributed by atoms with Crippen LogP contribution < -0.4 is 4.90 Å². The Hall–Kier alpha value is -2.13. The first-order valence-corrected chi connectivity index (χ1v) is 8.61. The number of likely N-dealkylation sites (tertiary alicyclic amines) is 1. The molecule has 1 aromatic rings. The van der Waals surface area contributed by atoms with Crippen molar-refractivity contribution in [3.8, 4) is 6.07 Å². The summed E-state index contributed by atoms with van der Waals surface area (Å²) in [4.78, 5) is 20.0. The molecule has 0 aliphatic carbocycles. The molecule has 24 heavy (non-hydrogen) atoms. The number of rotatable bonds is 6. The first kappa shape index (κ1) is 18.2. The van der Waals surface area contributed by atoms with Crippen LogP contribution in [0.2, 0.25) is 0 Å². The second-order valence-corrected chi connectivity index (χ2v) is 6.44. The van der Waals surface area contributed by atoms with Crippen molar-refractivity contribution in [3.05, 3.63) is 22.9 Å². The molecule has 0 aromatic carbocycles. The minimum absolute atomic E-state index is 0.0910. The maximum absolute atomic E-state index is 11.2. The molecule has 0 atom stereocenters. The van der Waals surface area contributed by atoms with Gasteiger partial charge in [0.05, 0.1) is 16.8 Å². The lowest BCUT2D eigenvalue weighted by Gasteiger charge is -2.23. The number of carboxylic acid groups (broad SMARTS) is 1. The zero-order valence-corrected chi connectivity index (χ0v) is 14.6. The summed E-state index contributed by atoms with van der Waals surface area (Å²) in [7, 11) is 1.91. The van der Waals surface area contributed by atoms with Crippen molar-refractivity contribution < 1.29 is 9.90 Å². The molecular weight excluding hydrogens is 304 g/mol. The summed E-state index contributed by atoms with van der Waals surface area (Å²) < 4.78 is 0. The van der Waals surface area contributed by atoms with E-state index in [1.807, 2.05) is 11.9 Å². The highest BCUT2D eigenvalue weighted by atomic mass is 16.4. The van der Waals surface area contributed by atoms with Gasteiger partial charge in [0, 0.05) is 13.6 Å². The van der Waals surface area contributed by atoms with Gasteiger partial charge in [0.15, 0.2) is 0 Å². The average molecular weight is 330 g/mol. The van der Waals surface area contributed by atoms with E-state index in [9.17, 15) is 10.1 Å². The third-order valence-electron chi connectivity index (χ3n) is 4.57. The highest BCUT2D eigenvalue weighted by molar-refractivity contribution is 5.89. The lowest BCUT2D eigenvalue weighted by molar-refractivity contribution is 0.0695. The molecule has 2 rings (SSSR count). The molecule has 0 bridgehead atoms. The van der Waals surface area contributed by atoms with Gasteiger partial charge in [-0.2, -0.15) is 5.26 Å². The number of aromatic carboxylic acids is 1. The van der Waals surface area contributed by atoms with Crippen LogP contribution in [0.25, 0.3) is 0 Å². The molecule has 1 aliphatic heterocycles. The van der Waals surface area contributed by atoms with E-state index in [2.05, 4.69) is 16.0 Å². The second kappa shape index (κ2) is 8.65. The average Bonchev–Trinajstić information content (AvgIpc) is 2.83. The van der Waals surface area contributed by atoms with Gasteiger partial charge in [0.1, 0.15) is 11.9 Å². The fraction of sp³-hybridized carbons (Fsp3) is 0.611. The molecule has 130 valence electrons. The predicted molar refractivity (Wildman–Crippen MR) is 93.4 cm³/mol. The van der Waals surface area contributed by atoms with Crippen LogP contribution in [0.15, 0.2) is 6.07 Å². The highest BCUT2D eigenvalue weighted by Crippen LogP contribution is 2.20. The fourth-order valence-electron chi connectivity index (χ4n) is 3.18. The van der Waals surface area contributed by atoms with E-state index in [-0.39, 0.29) is 5.56 Å². The van der Waals surface area contributed by atoms with E-state index in [1.54, 1.807) is 6.92 Å². The van der Waals surface area contributed by atoms with Gasteiger partial charge in [-0.1, -0.05) is 12.8 Å². The lowest BCUT2D eigenvalue weighted by Crippen LogP contribution is -2.29. The standard InChI is InChI=1S/C18H26N4O2/c1-14-16(18(23)24)12-15(13-19)17(20-14)21(2)8-7-11-22-9-5-3-4-6-10-22/h12H,3-11H2,1-2H3,(H,23,24). The van der Waals surface area contributed by atoms with E-state index in [0.717, 1.165) is 19.5 Å². The maximum Gasteiger partial charge on any atom is 0.337 e. The first-order chi connectivity index (χ1) is 11.5. The molecular formula is C18H26N4O2. The smallest absolute Gasteiger partial charge is 0.337 e. The number of pyridine rings is 1. The van der Waals surface area contributed by atoms with Crippen LogP contribution in [-0.4, -0.2) is 54.2 Å². The van der Waals surface area contributed by atoms with Gasteiger partial charge in [-0.25, -0.2) is 9.78 Å². The van der Waals surface area contributed by atoms with Crippen LogP contribution in [0.3, 0.4) is 0 Å². The summed E-state index contributed by atoms with van der Waals surface area (Å²) in [5.41, 5.74) is 0.847. The number of carboxylic acids is 1. The molecule has 0 amide bonds. The van der Waals surface area contributed by atoms with Crippen molar-refractivity contribution in [2.75, 3.05) is 38.1 Å². The van der Waals surface area contributed by atoms with Gasteiger partial charge in [0.25, 0.3) is 0 Å². The third-order valence-corrected chi connectivity index (χ3v) is 4.57. The minimum Gasteiger partial charge on any atom is -0.478 e. The molecule has 0 saturated carbocycles. The van der Waals surface area contributed by atoms with E-state index >= 15 is 0 Å². The maximum atomic E-state index is 11.2. The van der Waals surface area contributed by atoms with Crippen molar-refractivity contribution in [1.29, 1.82) is 5.26 Å². The summed E-state index contributed by atoms with van der Waals surface area (Å²) >= 11 is 0. The second-order valence-electron chi connectivity index (χ2n) is 6.44. The Labute approximate surface area is 143 Å². The van der Waals surface area contributed by atoms with Gasteiger partial charge in [-0.15, -0.1) is 0 Å². The van der Waals surface area contributed by atoms with Gasteiger partial charge in [-0.3, -0.25) is 0 Å². The predicted octanol–water partition coefficient (Wildman–Crippen LogP) is 2.66. The molecule has 6 nitrogen and oxygen atoms in total. The SMILES string of the molecule is Cc1nc(N(C)CCCN2CCCCCC2)c(C#N)cc1C(=O)O. The Morgan fingerprint density at radius 3 is 2.62 bits per heavy atom. The van der Waals surface area contributed by atoms with Gasteiger partial charge < -0.3 is 14.9 Å². The monoisotopic (exact) mass is 330 g/mol. The van der Waals surface area contributed by atoms with E-state index < -0.39 is 5.97 Å². The molecule has 1 aromatic heterocycles. The molecule has 0 radical (unpaired) electrons. The normalized spacial score (nSPS) is 15.5. The number of aryl methyl sites for hydroxylation is 1. The van der Waals surface area contributed by atoms with Crippen molar-refractivity contribution in [2.24, 2.45) is 0 Å². The number of nitriles is 1. The summed E-state index contributed by atoms with van der Waals surface area (Å²) in [6.07, 6.45) is 6.24. The Morgan fingerprint density at radius 2 is 2.04 bits per heavy atom. The molecule has 0 spiro atoms. The zero-order valence-electron chi connectivity index (χ0n) is 14.6. The quantitative estimate of drug-likeness (QED) is 0.864. The molecule has 1 aliphatic rings. The van der Waals surface area contributed by atoms with Crippen molar-refractivity contribution in [3.63, 3.8) is 0 Å². The van der Waals surface area contributed by atoms with Gasteiger partial charge >= 0.3 is 5.97 Å². The Morgan fingerprint density at radius 1 is 1.38 bits per heavy atom. The molecule has 1 fully saturated rings. The largest absolute Gasteiger partial charge is 0.478 e. The number of carbonyl (C=O) groups is 1. The minimum atomic E-state index is -1.05. The van der Waals surface area contributed by atoms with E-state index in [1.165, 1.54) is 44.8 Å². The van der Waals surface area contributed by atoms with Crippen LogP contribution in [0, 0.1) is 18.3 Å². The van der Waals surface area contributed by atoms with E-state index in [0.29, 0.717) is 17.1 Å². The fourth-order valence-corrected chi connectivity index (χ4v) is 3.18. The Kier molecular flexibility index (Phi) is 6.56. The molecule has 1 saturated heterocycles. The van der Waals surface area contributed by atoms with Crippen molar-refractivity contribution in [2.45, 2.75) is 39.0 Å². The number of anilines is 1. The molecule has 2 heterocycles. The zero-order chi connectivity index (χ0) is 17.5. The van der Waals surface area contributed by atoms with Crippen molar-refractivity contribution in [1.82, 2.24) is 9.88 Å². The Bertz CT molecular complexity index is 616. The van der Waals surface area contributed by atoms with Crippen LogP contribution in [0.4, 0.5) is 5.82 Å². The van der Waals surface area contributed by atoms with Crippen LogP contribution in [0.1, 0.15) is 53.7 Å². The highest BCUT2D eigenvalue weighted by Gasteiger charge is 2.17. The summed E-state index contributed by atoms with van der Waals surface area (Å²) in [6, 6.07) is 3.49. The number of hydrogen-bond donors (Lipinski definition) is 1. The summed E-state index contributed by atoms with van der Waals surface area (Å²) in [6.45, 7) is 5.87.